The van der Waals surface area contributed by atoms with E-state index in [1.54, 1.807) is 19.4 Å². The van der Waals surface area contributed by atoms with Crippen LogP contribution in [0.5, 0.6) is 5.88 Å². The zero-order chi connectivity index (χ0) is 26.2. The number of anilines is 2. The Morgan fingerprint density at radius 1 is 1.08 bits per heavy atom. The Balaban J connectivity index is 1.49. The lowest BCUT2D eigenvalue weighted by atomic mass is 10.1. The summed E-state index contributed by atoms with van der Waals surface area (Å²) in [5, 5.41) is 0.879. The first kappa shape index (κ1) is 25.2. The molecule has 0 radical (unpaired) electrons. The fourth-order valence-corrected chi connectivity index (χ4v) is 6.34. The number of aromatic nitrogens is 3. The van der Waals surface area contributed by atoms with Gasteiger partial charge in [-0.25, -0.2) is 32.2 Å². The highest BCUT2D eigenvalue weighted by Crippen LogP contribution is 2.39. The molecule has 1 aliphatic rings. The lowest BCUT2D eigenvalue weighted by Crippen LogP contribution is -2.37. The SMILES string of the molecule is COc1ncc(-c2cc3c(N4CCC(OC)CC4)ncnc3s2)cc1NS(=O)(=O)c1ccc(F)cc1F. The van der Waals surface area contributed by atoms with Gasteiger partial charge in [-0.1, -0.05) is 0 Å². The maximum absolute atomic E-state index is 14.2. The van der Waals surface area contributed by atoms with Crippen LogP contribution in [0.2, 0.25) is 0 Å². The predicted octanol–water partition coefficient (Wildman–Crippen LogP) is 4.46. The van der Waals surface area contributed by atoms with Crippen LogP contribution in [0, 0.1) is 11.6 Å². The number of ether oxygens (including phenoxy) is 2. The van der Waals surface area contributed by atoms with Crippen LogP contribution in [0.1, 0.15) is 12.8 Å². The van der Waals surface area contributed by atoms with Crippen molar-refractivity contribution in [3.05, 3.63) is 54.5 Å². The average Bonchev–Trinajstić information content (AvgIpc) is 3.33. The van der Waals surface area contributed by atoms with E-state index in [0.717, 1.165) is 59.0 Å². The highest BCUT2D eigenvalue weighted by molar-refractivity contribution is 7.92. The Labute approximate surface area is 216 Å². The fraction of sp³-hybridized carbons (Fsp3) is 0.292. The molecule has 1 aliphatic heterocycles. The van der Waals surface area contributed by atoms with Crippen LogP contribution in [-0.4, -0.2) is 56.8 Å². The van der Waals surface area contributed by atoms with Crippen molar-refractivity contribution in [2.45, 2.75) is 23.8 Å². The summed E-state index contributed by atoms with van der Waals surface area (Å²) in [4.78, 5) is 16.2. The zero-order valence-corrected chi connectivity index (χ0v) is 21.6. The van der Waals surface area contributed by atoms with E-state index in [9.17, 15) is 17.2 Å². The zero-order valence-electron chi connectivity index (χ0n) is 19.9. The average molecular weight is 548 g/mol. The van der Waals surface area contributed by atoms with Crippen LogP contribution in [0.4, 0.5) is 20.3 Å². The molecule has 194 valence electrons. The number of rotatable bonds is 7. The Bertz CT molecular complexity index is 1560. The van der Waals surface area contributed by atoms with E-state index >= 15 is 0 Å². The summed E-state index contributed by atoms with van der Waals surface area (Å²) in [6, 6.07) is 5.73. The van der Waals surface area contributed by atoms with E-state index in [-0.39, 0.29) is 17.7 Å². The number of nitrogens with one attached hydrogen (secondary N) is 1. The van der Waals surface area contributed by atoms with Crippen LogP contribution < -0.4 is 14.4 Å². The Morgan fingerprint density at radius 2 is 1.86 bits per heavy atom. The van der Waals surface area contributed by atoms with Crippen molar-refractivity contribution in [2.24, 2.45) is 0 Å². The van der Waals surface area contributed by atoms with Gasteiger partial charge in [0.2, 0.25) is 5.88 Å². The Morgan fingerprint density at radius 3 is 2.57 bits per heavy atom. The second-order valence-corrected chi connectivity index (χ2v) is 11.1. The van der Waals surface area contributed by atoms with Gasteiger partial charge in [0.25, 0.3) is 10.0 Å². The number of halogens is 2. The third-order valence-electron chi connectivity index (χ3n) is 6.14. The van der Waals surface area contributed by atoms with Crippen LogP contribution in [0.15, 0.2) is 47.8 Å². The molecule has 1 fully saturated rings. The first-order valence-electron chi connectivity index (χ1n) is 11.3. The van der Waals surface area contributed by atoms with E-state index in [4.69, 9.17) is 9.47 Å². The topological polar surface area (TPSA) is 107 Å². The standard InChI is InChI=1S/C24H23F2N5O4S2/c1-34-16-5-7-31(8-6-16)22-17-11-20(36-24(17)29-13-28-22)14-9-19(23(35-2)27-12-14)30-37(32,33)21-4-3-15(25)10-18(21)26/h3-4,9-13,16,30H,5-8H2,1-2H3. The molecule has 37 heavy (non-hydrogen) atoms. The number of sulfonamides is 1. The molecule has 0 amide bonds. The predicted molar refractivity (Wildman–Crippen MR) is 137 cm³/mol. The van der Waals surface area contributed by atoms with Crippen LogP contribution >= 0.6 is 11.3 Å². The molecule has 0 atom stereocenters. The minimum Gasteiger partial charge on any atom is -0.480 e. The molecule has 1 aromatic carbocycles. The molecule has 0 aliphatic carbocycles. The van der Waals surface area contributed by atoms with Gasteiger partial charge in [-0.05, 0) is 37.1 Å². The molecule has 3 aromatic heterocycles. The molecular weight excluding hydrogens is 524 g/mol. The molecule has 1 N–H and O–H groups in total. The number of fused-ring (bicyclic) bond motifs is 1. The molecule has 1 saturated heterocycles. The number of piperidine rings is 1. The summed E-state index contributed by atoms with van der Waals surface area (Å²) in [6.07, 6.45) is 5.13. The van der Waals surface area contributed by atoms with Crippen LogP contribution in [-0.2, 0) is 14.8 Å². The quantitative estimate of drug-likeness (QED) is 0.362. The highest BCUT2D eigenvalue weighted by atomic mass is 32.2. The van der Waals surface area contributed by atoms with Crippen molar-refractivity contribution < 1.29 is 26.7 Å². The normalized spacial score (nSPS) is 14.8. The van der Waals surface area contributed by atoms with E-state index in [1.165, 1.54) is 24.8 Å². The number of methoxy groups -OCH3 is 2. The van der Waals surface area contributed by atoms with Crippen LogP contribution in [0.25, 0.3) is 20.7 Å². The molecule has 0 spiro atoms. The molecule has 13 heteroatoms. The lowest BCUT2D eigenvalue weighted by molar-refractivity contribution is 0.0818. The van der Waals surface area contributed by atoms with Gasteiger partial charge in [0.05, 0.1) is 18.6 Å². The smallest absolute Gasteiger partial charge is 0.264 e. The first-order chi connectivity index (χ1) is 17.8. The molecule has 0 unspecified atom stereocenters. The van der Waals surface area contributed by atoms with Crippen molar-refractivity contribution in [2.75, 3.05) is 36.9 Å². The van der Waals surface area contributed by atoms with Crippen LogP contribution in [0.3, 0.4) is 0 Å². The Hall–Kier alpha value is -3.42. The Kier molecular flexibility index (Phi) is 6.92. The van der Waals surface area contributed by atoms with Gasteiger partial charge in [0.15, 0.2) is 0 Å². The maximum atomic E-state index is 14.2. The third kappa shape index (κ3) is 5.06. The van der Waals surface area contributed by atoms with Crippen molar-refractivity contribution in [1.29, 1.82) is 0 Å². The highest BCUT2D eigenvalue weighted by Gasteiger charge is 2.24. The number of hydrogen-bond donors (Lipinski definition) is 1. The first-order valence-corrected chi connectivity index (χ1v) is 13.6. The largest absolute Gasteiger partial charge is 0.480 e. The van der Waals surface area contributed by atoms with Crippen molar-refractivity contribution >= 4 is 43.1 Å². The number of pyridine rings is 1. The number of thiophene rings is 1. The summed E-state index contributed by atoms with van der Waals surface area (Å²) in [7, 11) is -1.33. The second kappa shape index (κ2) is 10.1. The summed E-state index contributed by atoms with van der Waals surface area (Å²) < 4.78 is 66.2. The van der Waals surface area contributed by atoms with Crippen molar-refractivity contribution in [3.8, 4) is 16.3 Å². The molecule has 4 heterocycles. The summed E-state index contributed by atoms with van der Waals surface area (Å²) >= 11 is 1.41. The van der Waals surface area contributed by atoms with Crippen molar-refractivity contribution in [3.63, 3.8) is 0 Å². The second-order valence-electron chi connectivity index (χ2n) is 8.41. The van der Waals surface area contributed by atoms with Gasteiger partial charge < -0.3 is 14.4 Å². The molecule has 5 rings (SSSR count). The fourth-order valence-electron chi connectivity index (χ4n) is 4.26. The van der Waals surface area contributed by atoms with E-state index in [0.29, 0.717) is 11.6 Å². The third-order valence-corrected chi connectivity index (χ3v) is 8.63. The molecular formula is C24H23F2N5O4S2. The monoisotopic (exact) mass is 547 g/mol. The summed E-state index contributed by atoms with van der Waals surface area (Å²) in [5.41, 5.74) is 0.610. The van der Waals surface area contributed by atoms with Gasteiger partial charge in [-0.15, -0.1) is 11.3 Å². The van der Waals surface area contributed by atoms with Gasteiger partial charge in [-0.2, -0.15) is 0 Å². The molecule has 0 saturated carbocycles. The summed E-state index contributed by atoms with van der Waals surface area (Å²) in [6.45, 7) is 1.62. The molecule has 0 bridgehead atoms. The van der Waals surface area contributed by atoms with Crippen molar-refractivity contribution in [1.82, 2.24) is 15.0 Å². The summed E-state index contributed by atoms with van der Waals surface area (Å²) in [5.74, 6) is -1.26. The van der Waals surface area contributed by atoms with Gasteiger partial charge in [-0.3, -0.25) is 4.72 Å². The maximum Gasteiger partial charge on any atom is 0.264 e. The van der Waals surface area contributed by atoms with Gasteiger partial charge >= 0.3 is 0 Å². The van der Waals surface area contributed by atoms with Gasteiger partial charge in [0.1, 0.15) is 39.2 Å². The minimum atomic E-state index is -4.39. The molecule has 9 nitrogen and oxygen atoms in total. The number of benzene rings is 1. The number of nitrogens with zero attached hydrogens (tertiary/aromatic N) is 4. The van der Waals surface area contributed by atoms with E-state index in [2.05, 4.69) is 24.6 Å². The number of hydrogen-bond acceptors (Lipinski definition) is 9. The minimum absolute atomic E-state index is 0.00236. The van der Waals surface area contributed by atoms with Gasteiger partial charge in [0, 0.05) is 42.9 Å². The lowest BCUT2D eigenvalue weighted by Gasteiger charge is -2.32. The van der Waals surface area contributed by atoms with E-state index in [1.807, 2.05) is 6.07 Å². The molecule has 4 aromatic rings. The van der Waals surface area contributed by atoms with E-state index < -0.39 is 26.6 Å².